The van der Waals surface area contributed by atoms with Crippen molar-refractivity contribution in [3.8, 4) is 11.5 Å². The van der Waals surface area contributed by atoms with E-state index in [4.69, 9.17) is 14.2 Å². The molecule has 0 saturated carbocycles. The van der Waals surface area contributed by atoms with Gasteiger partial charge in [-0.3, -0.25) is 4.79 Å². The van der Waals surface area contributed by atoms with Gasteiger partial charge in [0.15, 0.2) is 26.1 Å². The lowest BCUT2D eigenvalue weighted by Crippen LogP contribution is -2.20. The fraction of sp³-hybridized carbons (Fsp3) is 0.391. The van der Waals surface area contributed by atoms with E-state index < -0.39 is 21.0 Å². The second-order valence-corrected chi connectivity index (χ2v) is 11.0. The molecule has 0 fully saturated rings. The zero-order valence-corrected chi connectivity index (χ0v) is 21.0. The number of thiazole rings is 1. The maximum atomic E-state index is 13.0. The van der Waals surface area contributed by atoms with Gasteiger partial charge in [0.05, 0.1) is 41.2 Å². The summed E-state index contributed by atoms with van der Waals surface area (Å²) in [7, 11) is -0.380. The molecule has 0 N–H and O–H groups in total. The van der Waals surface area contributed by atoms with Crippen molar-refractivity contribution >= 4 is 37.3 Å². The third-order valence-corrected chi connectivity index (χ3v) is 8.27. The van der Waals surface area contributed by atoms with Gasteiger partial charge >= 0.3 is 0 Å². The van der Waals surface area contributed by atoms with Crippen LogP contribution >= 0.6 is 11.3 Å². The predicted molar refractivity (Wildman–Crippen MR) is 128 cm³/mol. The maximum Gasteiger partial charge on any atom is 0.279 e. The Morgan fingerprint density at radius 1 is 1.12 bits per heavy atom. The first-order valence-electron chi connectivity index (χ1n) is 10.5. The van der Waals surface area contributed by atoms with Gasteiger partial charge in [0.25, 0.3) is 5.91 Å². The Kier molecular flexibility index (Phi) is 7.93. The number of carbonyl (C=O) groups excluding carboxylic acids is 1. The molecule has 33 heavy (non-hydrogen) atoms. The van der Waals surface area contributed by atoms with E-state index in [1.807, 2.05) is 23.6 Å². The number of carbonyl (C=O) groups is 1. The number of sulfone groups is 1. The van der Waals surface area contributed by atoms with Crippen LogP contribution in [0.5, 0.6) is 11.5 Å². The summed E-state index contributed by atoms with van der Waals surface area (Å²) in [6, 6.07) is 9.68. The molecule has 0 atom stereocenters. The van der Waals surface area contributed by atoms with Gasteiger partial charge in [0, 0.05) is 30.8 Å². The van der Waals surface area contributed by atoms with E-state index in [9.17, 15) is 13.2 Å². The quantitative estimate of drug-likeness (QED) is 0.423. The third-order valence-electron chi connectivity index (χ3n) is 5.08. The van der Waals surface area contributed by atoms with Gasteiger partial charge < -0.3 is 18.8 Å². The number of hydrogen-bond acceptors (Lipinski definition) is 7. The number of hydrogen-bond donors (Lipinski definition) is 0. The Morgan fingerprint density at radius 3 is 2.45 bits per heavy atom. The molecule has 0 aliphatic heterocycles. The molecule has 0 spiro atoms. The highest BCUT2D eigenvalue weighted by Crippen LogP contribution is 2.33. The predicted octanol–water partition coefficient (Wildman–Crippen LogP) is 3.68. The molecule has 1 amide bonds. The number of ether oxygens (including phenoxy) is 3. The van der Waals surface area contributed by atoms with E-state index in [0.29, 0.717) is 36.1 Å². The van der Waals surface area contributed by atoms with Crippen LogP contribution in [-0.2, 0) is 21.1 Å². The monoisotopic (exact) mass is 492 g/mol. The lowest BCUT2D eigenvalue weighted by molar-refractivity contribution is 0.0996. The molecule has 8 nitrogen and oxygen atoms in total. The summed E-state index contributed by atoms with van der Waals surface area (Å²) in [4.78, 5) is 17.9. The molecule has 0 radical (unpaired) electrons. The largest absolute Gasteiger partial charge is 0.493 e. The molecule has 2 aromatic carbocycles. The minimum atomic E-state index is -3.51. The number of methoxy groups -OCH3 is 2. The van der Waals surface area contributed by atoms with Gasteiger partial charge in [-0.25, -0.2) is 8.42 Å². The van der Waals surface area contributed by atoms with Crippen molar-refractivity contribution in [3.05, 3.63) is 46.8 Å². The number of benzene rings is 2. The molecule has 178 valence electrons. The second kappa shape index (κ2) is 10.5. The van der Waals surface area contributed by atoms with Gasteiger partial charge in [-0.2, -0.15) is 4.99 Å². The molecular weight excluding hydrogens is 464 g/mol. The number of aromatic nitrogens is 1. The third kappa shape index (κ3) is 5.29. The van der Waals surface area contributed by atoms with Crippen molar-refractivity contribution in [2.45, 2.75) is 37.5 Å². The molecule has 0 aliphatic rings. The lowest BCUT2D eigenvalue weighted by Gasteiger charge is -2.09. The first kappa shape index (κ1) is 24.9. The number of nitrogens with zero attached hydrogens (tertiary/aromatic N) is 2. The molecule has 3 rings (SSSR count). The van der Waals surface area contributed by atoms with Crippen LogP contribution in [0.4, 0.5) is 0 Å². The fourth-order valence-electron chi connectivity index (χ4n) is 3.23. The highest BCUT2D eigenvalue weighted by atomic mass is 32.2. The minimum Gasteiger partial charge on any atom is -0.493 e. The molecule has 0 saturated heterocycles. The summed E-state index contributed by atoms with van der Waals surface area (Å²) < 4.78 is 44.1. The van der Waals surface area contributed by atoms with Crippen LogP contribution in [0.15, 0.2) is 46.3 Å². The van der Waals surface area contributed by atoms with Crippen LogP contribution in [0.25, 0.3) is 10.2 Å². The van der Waals surface area contributed by atoms with E-state index in [1.54, 1.807) is 40.2 Å². The summed E-state index contributed by atoms with van der Waals surface area (Å²) in [5, 5.41) is -0.590. The standard InChI is InChI=1S/C23H28N2O6S2/c1-6-31-11-10-25-18-13-19(29-4)20(30-5)14-21(18)32-23(25)24-22(26)16-8-7-9-17(12-16)33(27,28)15(2)3/h7-9,12-15H,6,10-11H2,1-5H3. The number of rotatable bonds is 9. The van der Waals surface area contributed by atoms with Crippen molar-refractivity contribution in [1.82, 2.24) is 4.57 Å². The Hall–Kier alpha value is -2.69. The molecule has 1 aromatic heterocycles. The molecule has 0 aliphatic carbocycles. The first-order chi connectivity index (χ1) is 15.7. The summed E-state index contributed by atoms with van der Waals surface area (Å²) in [5.41, 5.74) is 1.04. The lowest BCUT2D eigenvalue weighted by atomic mass is 10.2. The van der Waals surface area contributed by atoms with E-state index in [0.717, 1.165) is 10.2 Å². The summed E-state index contributed by atoms with van der Waals surface area (Å²) in [6.45, 7) is 6.63. The molecule has 1 heterocycles. The van der Waals surface area contributed by atoms with Gasteiger partial charge in [0.1, 0.15) is 0 Å². The molecule has 0 bridgehead atoms. The van der Waals surface area contributed by atoms with Gasteiger partial charge in [-0.05, 0) is 39.0 Å². The minimum absolute atomic E-state index is 0.105. The highest BCUT2D eigenvalue weighted by Gasteiger charge is 2.20. The second-order valence-electron chi connectivity index (χ2n) is 7.45. The molecular formula is C23H28N2O6S2. The van der Waals surface area contributed by atoms with Gasteiger partial charge in [-0.1, -0.05) is 17.4 Å². The number of fused-ring (bicyclic) bond motifs is 1. The van der Waals surface area contributed by atoms with E-state index in [-0.39, 0.29) is 10.5 Å². The van der Waals surface area contributed by atoms with Crippen molar-refractivity contribution in [2.24, 2.45) is 4.99 Å². The van der Waals surface area contributed by atoms with Crippen LogP contribution in [0.1, 0.15) is 31.1 Å². The van der Waals surface area contributed by atoms with Crippen molar-refractivity contribution in [3.63, 3.8) is 0 Å². The van der Waals surface area contributed by atoms with Gasteiger partial charge in [-0.15, -0.1) is 0 Å². The average molecular weight is 493 g/mol. The van der Waals surface area contributed by atoms with Gasteiger partial charge in [0.2, 0.25) is 0 Å². The molecule has 3 aromatic rings. The van der Waals surface area contributed by atoms with E-state index in [2.05, 4.69) is 4.99 Å². The smallest absolute Gasteiger partial charge is 0.279 e. The van der Waals surface area contributed by atoms with Crippen LogP contribution < -0.4 is 14.3 Å². The first-order valence-corrected chi connectivity index (χ1v) is 12.8. The number of amides is 1. The molecule has 0 unspecified atom stereocenters. The summed E-state index contributed by atoms with van der Waals surface area (Å²) in [6.07, 6.45) is 0. The Morgan fingerprint density at radius 2 is 1.82 bits per heavy atom. The fourth-order valence-corrected chi connectivity index (χ4v) is 5.40. The van der Waals surface area contributed by atoms with Crippen LogP contribution in [0, 0.1) is 0 Å². The van der Waals surface area contributed by atoms with E-state index in [1.165, 1.54) is 23.5 Å². The Bertz CT molecular complexity index is 1320. The van der Waals surface area contributed by atoms with Crippen LogP contribution in [0.2, 0.25) is 0 Å². The van der Waals surface area contributed by atoms with E-state index >= 15 is 0 Å². The highest BCUT2D eigenvalue weighted by molar-refractivity contribution is 7.92. The SMILES string of the molecule is CCOCCn1c(=NC(=O)c2cccc(S(=O)(=O)C(C)C)c2)sc2cc(OC)c(OC)cc21. The van der Waals surface area contributed by atoms with Crippen molar-refractivity contribution in [1.29, 1.82) is 0 Å². The maximum absolute atomic E-state index is 13.0. The zero-order valence-electron chi connectivity index (χ0n) is 19.3. The summed E-state index contributed by atoms with van der Waals surface area (Å²) in [5.74, 6) is 0.622. The molecule has 10 heteroatoms. The van der Waals surface area contributed by atoms with Crippen LogP contribution in [0.3, 0.4) is 0 Å². The van der Waals surface area contributed by atoms with Crippen molar-refractivity contribution in [2.75, 3.05) is 27.4 Å². The normalized spacial score (nSPS) is 12.5. The average Bonchev–Trinajstić information content (AvgIpc) is 3.13. The summed E-state index contributed by atoms with van der Waals surface area (Å²) >= 11 is 1.33. The Balaban J connectivity index is 2.12. The topological polar surface area (TPSA) is 96.2 Å². The van der Waals surface area contributed by atoms with Crippen LogP contribution in [-0.4, -0.2) is 51.6 Å². The Labute approximate surface area is 197 Å². The van der Waals surface area contributed by atoms with Crippen molar-refractivity contribution < 1.29 is 27.4 Å². The zero-order chi connectivity index (χ0) is 24.2.